The molecule has 9 heteroatoms. The number of hydrogen-bond acceptors (Lipinski definition) is 7. The molecule has 1 aliphatic heterocycles. The van der Waals surface area contributed by atoms with Gasteiger partial charge in [0.2, 0.25) is 0 Å². The molecule has 162 valence electrons. The molecular formula is C22H22N2O6S. The summed E-state index contributed by atoms with van der Waals surface area (Å²) >= 11 is 0.799. The summed E-state index contributed by atoms with van der Waals surface area (Å²) < 4.78 is 11.1. The minimum atomic E-state index is -0.528. The summed E-state index contributed by atoms with van der Waals surface area (Å²) in [5.74, 6) is 0.982. The molecule has 1 fully saturated rings. The van der Waals surface area contributed by atoms with E-state index in [9.17, 15) is 19.7 Å². The van der Waals surface area contributed by atoms with E-state index in [1.807, 2.05) is 13.8 Å². The molecule has 0 atom stereocenters. The number of carbonyl (C=O) groups excluding carboxylic acids is 2. The van der Waals surface area contributed by atoms with Gasteiger partial charge in [0.15, 0.2) is 11.5 Å². The molecular weight excluding hydrogens is 420 g/mol. The summed E-state index contributed by atoms with van der Waals surface area (Å²) in [6.45, 7) is 4.46. The van der Waals surface area contributed by atoms with Gasteiger partial charge in [0.1, 0.15) is 0 Å². The Hall–Kier alpha value is -3.33. The summed E-state index contributed by atoms with van der Waals surface area (Å²) in [7, 11) is 1.53. The van der Waals surface area contributed by atoms with E-state index >= 15 is 0 Å². The number of benzene rings is 2. The third-order valence-corrected chi connectivity index (χ3v) is 5.36. The summed E-state index contributed by atoms with van der Waals surface area (Å²) in [6.07, 6.45) is 1.60. The van der Waals surface area contributed by atoms with E-state index in [0.29, 0.717) is 35.2 Å². The zero-order chi connectivity index (χ0) is 22.5. The number of thioether (sulfide) groups is 1. The van der Waals surface area contributed by atoms with E-state index in [1.165, 1.54) is 25.3 Å². The van der Waals surface area contributed by atoms with Crippen molar-refractivity contribution in [2.24, 2.45) is 5.92 Å². The first kappa shape index (κ1) is 22.4. The number of nitro groups is 1. The van der Waals surface area contributed by atoms with E-state index < -0.39 is 16.1 Å². The predicted molar refractivity (Wildman–Crippen MR) is 118 cm³/mol. The van der Waals surface area contributed by atoms with Crippen molar-refractivity contribution < 1.29 is 24.0 Å². The Morgan fingerprint density at radius 3 is 2.58 bits per heavy atom. The van der Waals surface area contributed by atoms with E-state index in [1.54, 1.807) is 30.3 Å². The second-order valence-electron chi connectivity index (χ2n) is 7.27. The van der Waals surface area contributed by atoms with Gasteiger partial charge in [-0.25, -0.2) is 0 Å². The molecule has 31 heavy (non-hydrogen) atoms. The number of para-hydroxylation sites is 1. The van der Waals surface area contributed by atoms with Crippen molar-refractivity contribution in [3.05, 3.63) is 68.6 Å². The van der Waals surface area contributed by atoms with Crippen LogP contribution < -0.4 is 9.47 Å². The topological polar surface area (TPSA) is 99.0 Å². The fourth-order valence-corrected chi connectivity index (χ4v) is 3.77. The number of imide groups is 1. The number of nitrogens with zero attached hydrogens (tertiary/aromatic N) is 2. The molecule has 0 N–H and O–H groups in total. The summed E-state index contributed by atoms with van der Waals surface area (Å²) in [6, 6.07) is 11.3. The highest BCUT2D eigenvalue weighted by atomic mass is 32.2. The van der Waals surface area contributed by atoms with Crippen molar-refractivity contribution >= 4 is 34.7 Å². The van der Waals surface area contributed by atoms with Crippen LogP contribution in [0.3, 0.4) is 0 Å². The molecule has 1 saturated heterocycles. The van der Waals surface area contributed by atoms with E-state index in [0.717, 1.165) is 16.7 Å². The maximum absolute atomic E-state index is 12.8. The monoisotopic (exact) mass is 442 g/mol. The standard InChI is InChI=1S/C22H22N2O6S/c1-14(2)13-30-18-9-8-15(10-19(18)29-3)11-20-21(25)23(22(26)31-20)12-16-6-4-5-7-17(16)24(27)28/h4-11,14H,12-13H2,1-3H3/b20-11-. The maximum atomic E-state index is 12.8. The molecule has 0 aromatic heterocycles. The molecule has 0 saturated carbocycles. The first-order valence-corrected chi connectivity index (χ1v) is 10.4. The van der Waals surface area contributed by atoms with Gasteiger partial charge in [0.05, 0.1) is 30.1 Å². The summed E-state index contributed by atoms with van der Waals surface area (Å²) in [5.41, 5.74) is 0.835. The lowest BCUT2D eigenvalue weighted by molar-refractivity contribution is -0.385. The average molecular weight is 442 g/mol. The number of carbonyl (C=O) groups is 2. The van der Waals surface area contributed by atoms with Gasteiger partial charge in [0.25, 0.3) is 16.8 Å². The fourth-order valence-electron chi connectivity index (χ4n) is 2.93. The Labute approximate surface area is 184 Å². The second kappa shape index (κ2) is 9.65. The van der Waals surface area contributed by atoms with Crippen LogP contribution in [0.25, 0.3) is 6.08 Å². The van der Waals surface area contributed by atoms with Crippen molar-refractivity contribution in [3.63, 3.8) is 0 Å². The molecule has 2 aromatic rings. The first-order chi connectivity index (χ1) is 14.8. The average Bonchev–Trinajstić information content (AvgIpc) is 3.00. The number of rotatable bonds is 8. The van der Waals surface area contributed by atoms with Gasteiger partial charge >= 0.3 is 0 Å². The molecule has 8 nitrogen and oxygen atoms in total. The molecule has 0 aliphatic carbocycles. The smallest absolute Gasteiger partial charge is 0.293 e. The minimum absolute atomic E-state index is 0.132. The largest absolute Gasteiger partial charge is 0.493 e. The fraction of sp³-hybridized carbons (Fsp3) is 0.273. The Balaban J connectivity index is 1.81. The lowest BCUT2D eigenvalue weighted by Gasteiger charge is -2.13. The first-order valence-electron chi connectivity index (χ1n) is 9.58. The molecule has 2 aromatic carbocycles. The lowest BCUT2D eigenvalue weighted by atomic mass is 10.1. The van der Waals surface area contributed by atoms with Crippen LogP contribution in [0, 0.1) is 16.0 Å². The van der Waals surface area contributed by atoms with Crippen molar-refractivity contribution in [2.45, 2.75) is 20.4 Å². The van der Waals surface area contributed by atoms with Crippen molar-refractivity contribution in [2.75, 3.05) is 13.7 Å². The van der Waals surface area contributed by atoms with Crippen LogP contribution in [0.5, 0.6) is 11.5 Å². The predicted octanol–water partition coefficient (Wildman–Crippen LogP) is 4.87. The van der Waals surface area contributed by atoms with E-state index in [2.05, 4.69) is 0 Å². The third kappa shape index (κ3) is 5.24. The van der Waals surface area contributed by atoms with E-state index in [4.69, 9.17) is 9.47 Å². The Bertz CT molecular complexity index is 1050. The quantitative estimate of drug-likeness (QED) is 0.326. The zero-order valence-electron chi connectivity index (χ0n) is 17.4. The Morgan fingerprint density at radius 2 is 1.90 bits per heavy atom. The van der Waals surface area contributed by atoms with Crippen LogP contribution in [0.4, 0.5) is 10.5 Å². The summed E-state index contributed by atoms with van der Waals surface area (Å²) in [4.78, 5) is 37.1. The van der Waals surface area contributed by atoms with Crippen LogP contribution in [-0.4, -0.2) is 34.7 Å². The van der Waals surface area contributed by atoms with Gasteiger partial charge in [-0.3, -0.25) is 24.6 Å². The molecule has 2 amide bonds. The molecule has 0 unspecified atom stereocenters. The molecule has 0 spiro atoms. The van der Waals surface area contributed by atoms with Gasteiger partial charge in [-0.05, 0) is 41.5 Å². The number of amides is 2. The Morgan fingerprint density at radius 1 is 1.16 bits per heavy atom. The van der Waals surface area contributed by atoms with Gasteiger partial charge in [-0.2, -0.15) is 0 Å². The van der Waals surface area contributed by atoms with Gasteiger partial charge in [-0.1, -0.05) is 38.1 Å². The van der Waals surface area contributed by atoms with Crippen molar-refractivity contribution in [1.29, 1.82) is 0 Å². The molecule has 0 radical (unpaired) electrons. The van der Waals surface area contributed by atoms with Crippen LogP contribution >= 0.6 is 11.8 Å². The Kier molecular flexibility index (Phi) is 6.96. The highest BCUT2D eigenvalue weighted by Gasteiger charge is 2.36. The van der Waals surface area contributed by atoms with Crippen LogP contribution in [-0.2, 0) is 11.3 Å². The van der Waals surface area contributed by atoms with Gasteiger partial charge in [-0.15, -0.1) is 0 Å². The number of methoxy groups -OCH3 is 1. The molecule has 1 aliphatic rings. The zero-order valence-corrected chi connectivity index (χ0v) is 18.2. The molecule has 3 rings (SSSR count). The lowest BCUT2D eigenvalue weighted by Crippen LogP contribution is -2.27. The third-order valence-electron chi connectivity index (χ3n) is 4.45. The summed E-state index contributed by atoms with van der Waals surface area (Å²) in [5, 5.41) is 10.7. The minimum Gasteiger partial charge on any atom is -0.493 e. The van der Waals surface area contributed by atoms with Crippen LogP contribution in [0.1, 0.15) is 25.0 Å². The number of nitro benzene ring substituents is 1. The SMILES string of the molecule is COc1cc(/C=C2\SC(=O)N(Cc3ccccc3[N+](=O)[O-])C2=O)ccc1OCC(C)C. The highest BCUT2D eigenvalue weighted by Crippen LogP contribution is 2.36. The van der Waals surface area contributed by atoms with Gasteiger partial charge < -0.3 is 9.47 Å². The highest BCUT2D eigenvalue weighted by molar-refractivity contribution is 8.18. The number of ether oxygens (including phenoxy) is 2. The van der Waals surface area contributed by atoms with Crippen LogP contribution in [0.15, 0.2) is 47.4 Å². The molecule has 1 heterocycles. The molecule has 0 bridgehead atoms. The van der Waals surface area contributed by atoms with Crippen LogP contribution in [0.2, 0.25) is 0 Å². The van der Waals surface area contributed by atoms with Crippen molar-refractivity contribution in [3.8, 4) is 11.5 Å². The normalized spacial score (nSPS) is 15.1. The maximum Gasteiger partial charge on any atom is 0.293 e. The van der Waals surface area contributed by atoms with E-state index in [-0.39, 0.29) is 17.1 Å². The number of hydrogen-bond donors (Lipinski definition) is 0. The van der Waals surface area contributed by atoms with Gasteiger partial charge in [0, 0.05) is 11.6 Å². The van der Waals surface area contributed by atoms with Crippen molar-refractivity contribution in [1.82, 2.24) is 4.90 Å². The second-order valence-corrected chi connectivity index (χ2v) is 8.26.